The Kier molecular flexibility index (Phi) is 8.99. The Bertz CT molecular complexity index is 495. The molecule has 0 bridgehead atoms. The summed E-state index contributed by atoms with van der Waals surface area (Å²) in [6.07, 6.45) is 1.36. The number of hydrogen-bond acceptors (Lipinski definition) is 4. The number of amides is 1. The van der Waals surface area contributed by atoms with Gasteiger partial charge < -0.3 is 20.5 Å². The van der Waals surface area contributed by atoms with E-state index < -0.39 is 6.10 Å². The number of aliphatic hydroxyl groups excluding tert-OH is 1. The maximum Gasteiger partial charge on any atom is 0.251 e. The van der Waals surface area contributed by atoms with E-state index in [2.05, 4.69) is 17.6 Å². The van der Waals surface area contributed by atoms with Crippen molar-refractivity contribution >= 4 is 17.5 Å². The highest BCUT2D eigenvalue weighted by molar-refractivity contribution is 6.32. The minimum atomic E-state index is -0.620. The largest absolute Gasteiger partial charge is 0.489 e. The van der Waals surface area contributed by atoms with Gasteiger partial charge in [0, 0.05) is 24.7 Å². The van der Waals surface area contributed by atoms with Gasteiger partial charge in [-0.3, -0.25) is 4.79 Å². The summed E-state index contributed by atoms with van der Waals surface area (Å²) in [6.45, 7) is 7.33. The van der Waals surface area contributed by atoms with Crippen molar-refractivity contribution in [3.8, 4) is 5.75 Å². The van der Waals surface area contributed by atoms with Crippen molar-refractivity contribution in [2.45, 2.75) is 45.8 Å². The number of carbonyl (C=O) groups is 1. The molecule has 23 heavy (non-hydrogen) atoms. The molecule has 0 fully saturated rings. The quantitative estimate of drug-likeness (QED) is 0.572. The second-order valence-corrected chi connectivity index (χ2v) is 6.19. The molecule has 1 unspecified atom stereocenters. The van der Waals surface area contributed by atoms with Crippen molar-refractivity contribution in [2.24, 2.45) is 0 Å². The molecule has 1 amide bonds. The number of halogens is 1. The third-order valence-electron chi connectivity index (χ3n) is 3.20. The Morgan fingerprint density at radius 1 is 1.39 bits per heavy atom. The molecule has 0 radical (unpaired) electrons. The average Bonchev–Trinajstić information content (AvgIpc) is 2.51. The summed E-state index contributed by atoms with van der Waals surface area (Å²) in [6, 6.07) is 5.21. The first-order chi connectivity index (χ1) is 10.9. The van der Waals surface area contributed by atoms with Gasteiger partial charge in [-0.1, -0.05) is 38.8 Å². The van der Waals surface area contributed by atoms with Crippen LogP contribution in [0.15, 0.2) is 18.2 Å². The summed E-state index contributed by atoms with van der Waals surface area (Å²) in [5.41, 5.74) is 0.500. The van der Waals surface area contributed by atoms with E-state index in [4.69, 9.17) is 16.3 Å². The first kappa shape index (κ1) is 19.7. The van der Waals surface area contributed by atoms with E-state index in [0.717, 1.165) is 12.8 Å². The standard InChI is InChI=1S/C17H27ClN2O3/c1-4-5-8-19-17(22)13-6-7-16(15(18)9-13)23-11-14(21)10-20-12(2)3/h6-7,9,12,14,20-21H,4-5,8,10-11H2,1-3H3,(H,19,22). The van der Waals surface area contributed by atoms with Gasteiger partial charge in [-0.05, 0) is 24.6 Å². The van der Waals surface area contributed by atoms with E-state index in [1.54, 1.807) is 18.2 Å². The minimum absolute atomic E-state index is 0.140. The lowest BCUT2D eigenvalue weighted by molar-refractivity contribution is 0.0952. The molecule has 0 saturated heterocycles. The van der Waals surface area contributed by atoms with E-state index in [0.29, 0.717) is 35.5 Å². The van der Waals surface area contributed by atoms with E-state index in [1.807, 2.05) is 13.8 Å². The molecule has 0 aliphatic heterocycles. The molecule has 3 N–H and O–H groups in total. The van der Waals surface area contributed by atoms with E-state index >= 15 is 0 Å². The van der Waals surface area contributed by atoms with Gasteiger partial charge in [-0.15, -0.1) is 0 Å². The van der Waals surface area contributed by atoms with Gasteiger partial charge in [0.1, 0.15) is 18.5 Å². The predicted octanol–water partition coefficient (Wildman–Crippen LogP) is 2.61. The molecule has 0 heterocycles. The first-order valence-corrected chi connectivity index (χ1v) is 8.43. The lowest BCUT2D eigenvalue weighted by atomic mass is 10.2. The number of hydrogen-bond donors (Lipinski definition) is 3. The number of unbranched alkanes of at least 4 members (excludes halogenated alkanes) is 1. The van der Waals surface area contributed by atoms with Crippen molar-refractivity contribution in [3.63, 3.8) is 0 Å². The van der Waals surface area contributed by atoms with Crippen LogP contribution in [-0.2, 0) is 0 Å². The molecule has 1 aromatic carbocycles. The van der Waals surface area contributed by atoms with Gasteiger partial charge in [-0.25, -0.2) is 0 Å². The number of aliphatic hydroxyl groups is 1. The zero-order valence-electron chi connectivity index (χ0n) is 14.1. The fourth-order valence-corrected chi connectivity index (χ4v) is 2.09. The van der Waals surface area contributed by atoms with E-state index in [1.165, 1.54) is 0 Å². The van der Waals surface area contributed by atoms with Crippen LogP contribution in [0.3, 0.4) is 0 Å². The number of rotatable bonds is 10. The number of nitrogens with one attached hydrogen (secondary N) is 2. The molecule has 130 valence electrons. The Morgan fingerprint density at radius 3 is 2.74 bits per heavy atom. The smallest absolute Gasteiger partial charge is 0.251 e. The van der Waals surface area contributed by atoms with Crippen LogP contribution >= 0.6 is 11.6 Å². The Hall–Kier alpha value is -1.30. The zero-order chi connectivity index (χ0) is 17.2. The lowest BCUT2D eigenvalue weighted by Crippen LogP contribution is -2.35. The molecule has 0 aliphatic carbocycles. The van der Waals surface area contributed by atoms with Gasteiger partial charge in [0.15, 0.2) is 0 Å². The van der Waals surface area contributed by atoms with Crippen molar-refractivity contribution in [3.05, 3.63) is 28.8 Å². The van der Waals surface area contributed by atoms with Gasteiger partial charge in [0.25, 0.3) is 5.91 Å². The molecule has 0 saturated carbocycles. The highest BCUT2D eigenvalue weighted by atomic mass is 35.5. The molecular weight excluding hydrogens is 316 g/mol. The lowest BCUT2D eigenvalue weighted by Gasteiger charge is -2.16. The summed E-state index contributed by atoms with van der Waals surface area (Å²) in [7, 11) is 0. The fraction of sp³-hybridized carbons (Fsp3) is 0.588. The molecule has 6 heteroatoms. The SMILES string of the molecule is CCCCNC(=O)c1ccc(OCC(O)CNC(C)C)c(Cl)c1. The van der Waals surface area contributed by atoms with Crippen LogP contribution in [0, 0.1) is 0 Å². The Labute approximate surface area is 143 Å². The number of ether oxygens (including phenoxy) is 1. The van der Waals surface area contributed by atoms with Crippen LogP contribution in [0.5, 0.6) is 5.75 Å². The zero-order valence-corrected chi connectivity index (χ0v) is 14.8. The fourth-order valence-electron chi connectivity index (χ4n) is 1.86. The summed E-state index contributed by atoms with van der Waals surface area (Å²) in [5.74, 6) is 0.313. The van der Waals surface area contributed by atoms with Crippen LogP contribution in [0.1, 0.15) is 44.0 Å². The molecule has 1 aromatic rings. The molecular formula is C17H27ClN2O3. The van der Waals surface area contributed by atoms with Gasteiger partial charge in [0.2, 0.25) is 0 Å². The predicted molar refractivity (Wildman–Crippen MR) is 93.3 cm³/mol. The van der Waals surface area contributed by atoms with E-state index in [9.17, 15) is 9.90 Å². The van der Waals surface area contributed by atoms with Crippen LogP contribution in [0.2, 0.25) is 5.02 Å². The summed E-state index contributed by atoms with van der Waals surface area (Å²) in [5, 5.41) is 16.1. The molecule has 0 aromatic heterocycles. The maximum absolute atomic E-state index is 11.9. The van der Waals surface area contributed by atoms with Crippen molar-refractivity contribution in [1.29, 1.82) is 0 Å². The van der Waals surface area contributed by atoms with Crippen molar-refractivity contribution in [2.75, 3.05) is 19.7 Å². The number of carbonyl (C=O) groups excluding carboxylic acids is 1. The Balaban J connectivity index is 2.51. The minimum Gasteiger partial charge on any atom is -0.489 e. The molecule has 5 nitrogen and oxygen atoms in total. The van der Waals surface area contributed by atoms with Gasteiger partial charge in [-0.2, -0.15) is 0 Å². The Morgan fingerprint density at radius 2 is 2.13 bits per heavy atom. The van der Waals surface area contributed by atoms with Crippen LogP contribution in [-0.4, -0.2) is 42.9 Å². The first-order valence-electron chi connectivity index (χ1n) is 8.06. The second-order valence-electron chi connectivity index (χ2n) is 5.78. The highest BCUT2D eigenvalue weighted by Gasteiger charge is 2.11. The highest BCUT2D eigenvalue weighted by Crippen LogP contribution is 2.25. The van der Waals surface area contributed by atoms with Gasteiger partial charge in [0.05, 0.1) is 5.02 Å². The summed E-state index contributed by atoms with van der Waals surface area (Å²) in [4.78, 5) is 11.9. The van der Waals surface area contributed by atoms with Gasteiger partial charge >= 0.3 is 0 Å². The van der Waals surface area contributed by atoms with Crippen LogP contribution in [0.25, 0.3) is 0 Å². The average molecular weight is 343 g/mol. The maximum atomic E-state index is 11.9. The van der Waals surface area contributed by atoms with Crippen molar-refractivity contribution < 1.29 is 14.6 Å². The van der Waals surface area contributed by atoms with Crippen molar-refractivity contribution in [1.82, 2.24) is 10.6 Å². The molecule has 0 aliphatic rings. The van der Waals surface area contributed by atoms with Crippen LogP contribution in [0.4, 0.5) is 0 Å². The monoisotopic (exact) mass is 342 g/mol. The second kappa shape index (κ2) is 10.5. The topological polar surface area (TPSA) is 70.6 Å². The summed E-state index contributed by atoms with van der Waals surface area (Å²) < 4.78 is 5.51. The number of benzene rings is 1. The van der Waals surface area contributed by atoms with Crippen LogP contribution < -0.4 is 15.4 Å². The molecule has 1 rings (SSSR count). The molecule has 0 spiro atoms. The molecule has 1 atom stereocenters. The normalized spacial score (nSPS) is 12.3. The summed E-state index contributed by atoms with van der Waals surface area (Å²) >= 11 is 6.14. The third-order valence-corrected chi connectivity index (χ3v) is 3.50. The third kappa shape index (κ3) is 7.68. The van der Waals surface area contributed by atoms with E-state index in [-0.39, 0.29) is 12.5 Å².